The number of aryl methyl sites for hydroxylation is 2. The number of nitrogens with one attached hydrogen (secondary N) is 1. The Morgan fingerprint density at radius 1 is 1.28 bits per heavy atom. The summed E-state index contributed by atoms with van der Waals surface area (Å²) < 4.78 is 38.4. The molecule has 1 N–H and O–H groups in total. The summed E-state index contributed by atoms with van der Waals surface area (Å²) in [5, 5.41) is 2.95. The highest BCUT2D eigenvalue weighted by Crippen LogP contribution is 2.34. The smallest absolute Gasteiger partial charge is 0.346 e. The Hall–Kier alpha value is -1.55. The molecule has 2 heterocycles. The van der Waals surface area contributed by atoms with E-state index in [1.54, 1.807) is 4.57 Å². The molecule has 1 aliphatic rings. The van der Waals surface area contributed by atoms with Crippen LogP contribution in [-0.2, 0) is 24.2 Å². The number of nitrogens with zero attached hydrogens (tertiary/aromatic N) is 2. The standard InChI is InChI=1S/C19H24F3N3O2S2/c1-2-3-6-9-25-17(27)15-12-7-4-5-8-13(12)29-16(15)24-18(25)28-10-14(26)23-11-19(20,21)22/h2-11H2,1H3,(H,23,26). The number of carbonyl (C=O) groups is 1. The van der Waals surface area contributed by atoms with Crippen LogP contribution in [0.25, 0.3) is 10.2 Å². The number of fused-ring (bicyclic) bond motifs is 3. The third-order valence-corrected chi connectivity index (χ3v) is 7.01. The van der Waals surface area contributed by atoms with Gasteiger partial charge in [0, 0.05) is 11.4 Å². The van der Waals surface area contributed by atoms with Gasteiger partial charge in [-0.2, -0.15) is 13.2 Å². The lowest BCUT2D eigenvalue weighted by Gasteiger charge is -2.13. The molecule has 0 aromatic carbocycles. The maximum absolute atomic E-state index is 13.2. The van der Waals surface area contributed by atoms with Crippen LogP contribution in [0.3, 0.4) is 0 Å². The van der Waals surface area contributed by atoms with Crippen LogP contribution in [0.5, 0.6) is 0 Å². The van der Waals surface area contributed by atoms with E-state index in [4.69, 9.17) is 0 Å². The number of carbonyl (C=O) groups excluding carboxylic acids is 1. The largest absolute Gasteiger partial charge is 0.405 e. The van der Waals surface area contributed by atoms with Gasteiger partial charge in [0.2, 0.25) is 5.91 Å². The quantitative estimate of drug-likeness (QED) is 0.372. The van der Waals surface area contributed by atoms with Crippen LogP contribution in [0.2, 0.25) is 0 Å². The minimum Gasteiger partial charge on any atom is -0.346 e. The van der Waals surface area contributed by atoms with Crippen molar-refractivity contribution in [1.29, 1.82) is 0 Å². The fraction of sp³-hybridized carbons (Fsp3) is 0.632. The molecule has 0 aliphatic heterocycles. The molecule has 0 unspecified atom stereocenters. The van der Waals surface area contributed by atoms with Gasteiger partial charge in [0.25, 0.3) is 5.56 Å². The first-order chi connectivity index (χ1) is 13.8. The number of halogens is 3. The van der Waals surface area contributed by atoms with Gasteiger partial charge in [-0.3, -0.25) is 14.2 Å². The molecule has 1 aliphatic carbocycles. The number of thioether (sulfide) groups is 1. The van der Waals surface area contributed by atoms with Gasteiger partial charge in [-0.15, -0.1) is 11.3 Å². The lowest BCUT2D eigenvalue weighted by molar-refractivity contribution is -0.136. The van der Waals surface area contributed by atoms with Gasteiger partial charge in [-0.05, 0) is 37.7 Å². The maximum atomic E-state index is 13.2. The molecule has 2 aromatic rings. The first-order valence-corrected chi connectivity index (χ1v) is 11.6. The Balaban J connectivity index is 1.87. The molecule has 1 amide bonds. The van der Waals surface area contributed by atoms with Gasteiger partial charge in [0.1, 0.15) is 11.4 Å². The average molecular weight is 448 g/mol. The van der Waals surface area contributed by atoms with Crippen molar-refractivity contribution in [3.8, 4) is 0 Å². The van der Waals surface area contributed by atoms with Crippen molar-refractivity contribution in [1.82, 2.24) is 14.9 Å². The van der Waals surface area contributed by atoms with E-state index in [2.05, 4.69) is 11.9 Å². The van der Waals surface area contributed by atoms with Gasteiger partial charge in [-0.1, -0.05) is 31.5 Å². The highest BCUT2D eigenvalue weighted by atomic mass is 32.2. The predicted molar refractivity (Wildman–Crippen MR) is 110 cm³/mol. The second kappa shape index (κ2) is 9.51. The first-order valence-electron chi connectivity index (χ1n) is 9.81. The number of rotatable bonds is 8. The van der Waals surface area contributed by atoms with Gasteiger partial charge in [-0.25, -0.2) is 4.98 Å². The lowest BCUT2D eigenvalue weighted by atomic mass is 9.97. The lowest BCUT2D eigenvalue weighted by Crippen LogP contribution is -2.35. The molecule has 0 radical (unpaired) electrons. The van der Waals surface area contributed by atoms with E-state index in [9.17, 15) is 22.8 Å². The van der Waals surface area contributed by atoms with E-state index in [0.717, 1.165) is 62.3 Å². The van der Waals surface area contributed by atoms with Crippen molar-refractivity contribution in [3.05, 3.63) is 20.8 Å². The van der Waals surface area contributed by atoms with E-state index < -0.39 is 18.6 Å². The SMILES string of the molecule is CCCCCn1c(SCC(=O)NCC(F)(F)F)nc2sc3c(c2c1=O)CCCC3. The Labute approximate surface area is 175 Å². The Bertz CT molecular complexity index is 937. The molecule has 0 saturated carbocycles. The molecule has 160 valence electrons. The minimum absolute atomic E-state index is 0.0938. The highest BCUT2D eigenvalue weighted by molar-refractivity contribution is 7.99. The molecule has 29 heavy (non-hydrogen) atoms. The molecule has 0 fully saturated rings. The third-order valence-electron chi connectivity index (χ3n) is 4.84. The van der Waals surface area contributed by atoms with Gasteiger partial charge in [0.05, 0.1) is 11.1 Å². The van der Waals surface area contributed by atoms with Crippen LogP contribution in [-0.4, -0.2) is 33.9 Å². The summed E-state index contributed by atoms with van der Waals surface area (Å²) in [7, 11) is 0. The zero-order valence-corrected chi connectivity index (χ0v) is 17.9. The molecule has 0 saturated heterocycles. The second-order valence-corrected chi connectivity index (χ2v) is 9.16. The molecule has 2 aromatic heterocycles. The van der Waals surface area contributed by atoms with Gasteiger partial charge in [0.15, 0.2) is 5.16 Å². The summed E-state index contributed by atoms with van der Waals surface area (Å²) in [6.45, 7) is 1.20. The Morgan fingerprint density at radius 3 is 2.76 bits per heavy atom. The van der Waals surface area contributed by atoms with Crippen LogP contribution in [0, 0.1) is 0 Å². The van der Waals surface area contributed by atoms with Crippen molar-refractivity contribution in [2.24, 2.45) is 0 Å². The Kier molecular flexibility index (Phi) is 7.26. The zero-order valence-electron chi connectivity index (χ0n) is 16.2. The summed E-state index contributed by atoms with van der Waals surface area (Å²) in [5.74, 6) is -0.945. The molecule has 3 rings (SSSR count). The van der Waals surface area contributed by atoms with Crippen molar-refractivity contribution < 1.29 is 18.0 Å². The summed E-state index contributed by atoms with van der Waals surface area (Å²) in [5.41, 5.74) is 1.01. The van der Waals surface area contributed by atoms with Gasteiger partial charge >= 0.3 is 6.18 Å². The molecule has 5 nitrogen and oxygen atoms in total. The molecule has 10 heteroatoms. The van der Waals surface area contributed by atoms with Crippen molar-refractivity contribution >= 4 is 39.2 Å². The third kappa shape index (κ3) is 5.53. The monoisotopic (exact) mass is 447 g/mol. The van der Waals surface area contributed by atoms with E-state index >= 15 is 0 Å². The second-order valence-electron chi connectivity index (χ2n) is 7.13. The van der Waals surface area contributed by atoms with E-state index in [-0.39, 0.29) is 11.3 Å². The minimum atomic E-state index is -4.45. The van der Waals surface area contributed by atoms with Crippen LogP contribution in [0.4, 0.5) is 13.2 Å². The summed E-state index contributed by atoms with van der Waals surface area (Å²) in [6.07, 6.45) is 2.32. The van der Waals surface area contributed by atoms with Crippen LogP contribution in [0.1, 0.15) is 49.5 Å². The summed E-state index contributed by atoms with van der Waals surface area (Å²) >= 11 is 2.54. The fourth-order valence-electron chi connectivity index (χ4n) is 3.43. The topological polar surface area (TPSA) is 64.0 Å². The predicted octanol–water partition coefficient (Wildman–Crippen LogP) is 4.30. The fourth-order valence-corrected chi connectivity index (χ4v) is 5.58. The maximum Gasteiger partial charge on any atom is 0.405 e. The summed E-state index contributed by atoms with van der Waals surface area (Å²) in [4.78, 5) is 31.6. The number of amides is 1. The number of thiophene rings is 1. The van der Waals surface area contributed by atoms with Crippen molar-refractivity contribution in [3.63, 3.8) is 0 Å². The molecular formula is C19H24F3N3O2S2. The van der Waals surface area contributed by atoms with E-state index in [1.807, 2.05) is 5.32 Å². The van der Waals surface area contributed by atoms with Gasteiger partial charge < -0.3 is 5.32 Å². The molecule has 0 bridgehead atoms. The number of unbranched alkanes of at least 4 members (excludes halogenated alkanes) is 2. The first kappa shape index (κ1) is 22.1. The average Bonchev–Trinajstić information content (AvgIpc) is 3.04. The van der Waals surface area contributed by atoms with E-state index in [0.29, 0.717) is 21.9 Å². The number of alkyl halides is 3. The molecule has 0 atom stereocenters. The normalized spacial score (nSPS) is 14.2. The Morgan fingerprint density at radius 2 is 2.03 bits per heavy atom. The zero-order chi connectivity index (χ0) is 21.0. The number of hydrogen-bond acceptors (Lipinski definition) is 5. The molecule has 0 spiro atoms. The highest BCUT2D eigenvalue weighted by Gasteiger charge is 2.28. The van der Waals surface area contributed by atoms with Crippen molar-refractivity contribution in [2.45, 2.75) is 69.7 Å². The number of hydrogen-bond donors (Lipinski definition) is 1. The molecular weight excluding hydrogens is 423 g/mol. The number of aromatic nitrogens is 2. The van der Waals surface area contributed by atoms with Crippen LogP contribution in [0.15, 0.2) is 9.95 Å². The van der Waals surface area contributed by atoms with Crippen LogP contribution < -0.4 is 10.9 Å². The summed E-state index contributed by atoms with van der Waals surface area (Å²) in [6, 6.07) is 0. The van der Waals surface area contributed by atoms with Crippen LogP contribution >= 0.6 is 23.1 Å². The van der Waals surface area contributed by atoms with Crippen molar-refractivity contribution in [2.75, 3.05) is 12.3 Å². The van der Waals surface area contributed by atoms with E-state index in [1.165, 1.54) is 16.2 Å².